The molecule has 7 heteroatoms. The van der Waals surface area contributed by atoms with Crippen molar-refractivity contribution in [2.75, 3.05) is 18.4 Å². The highest BCUT2D eigenvalue weighted by Crippen LogP contribution is 2.17. The van der Waals surface area contributed by atoms with Crippen LogP contribution in [0.3, 0.4) is 0 Å². The molecule has 1 amide bonds. The summed E-state index contributed by atoms with van der Waals surface area (Å²) in [7, 11) is 0. The Morgan fingerprint density at radius 1 is 1.43 bits per heavy atom. The minimum absolute atomic E-state index is 0.118. The molecule has 21 heavy (non-hydrogen) atoms. The number of anilines is 1. The highest BCUT2D eigenvalue weighted by molar-refractivity contribution is 6.30. The average Bonchev–Trinajstić information content (AvgIpc) is 2.40. The molecule has 0 aliphatic carbocycles. The van der Waals surface area contributed by atoms with Gasteiger partial charge in [0.1, 0.15) is 5.60 Å². The Hall–Kier alpha value is -1.56. The van der Waals surface area contributed by atoms with E-state index in [9.17, 15) is 4.79 Å². The van der Waals surface area contributed by atoms with Crippen molar-refractivity contribution in [2.45, 2.75) is 45.3 Å². The Balaban J connectivity index is 1.91. The molecule has 0 bridgehead atoms. The van der Waals surface area contributed by atoms with Gasteiger partial charge in [-0.25, -0.2) is 14.8 Å². The van der Waals surface area contributed by atoms with Gasteiger partial charge in [-0.2, -0.15) is 0 Å². The standard InChI is InChI=1S/C14H21ClN4O2/c1-14(2,3)21-13(20)19-6-4-5-11(9-19)18-12-16-7-10(15)8-17-12/h7-8,11H,4-6,9H2,1-3H3,(H,16,17,18)/t11-/m1/s1. The van der Waals surface area contributed by atoms with Gasteiger partial charge in [-0.3, -0.25) is 0 Å². The number of rotatable bonds is 2. The van der Waals surface area contributed by atoms with Crippen molar-refractivity contribution in [3.63, 3.8) is 0 Å². The number of carbonyl (C=O) groups is 1. The molecule has 1 saturated heterocycles. The Kier molecular flexibility index (Phi) is 4.88. The summed E-state index contributed by atoms with van der Waals surface area (Å²) in [6.07, 6.45) is 4.71. The predicted octanol–water partition coefficient (Wildman–Crippen LogP) is 2.94. The number of halogens is 1. The summed E-state index contributed by atoms with van der Waals surface area (Å²) in [5.41, 5.74) is -0.475. The summed E-state index contributed by atoms with van der Waals surface area (Å²) in [4.78, 5) is 22.0. The van der Waals surface area contributed by atoms with Crippen LogP contribution in [0.25, 0.3) is 0 Å². The van der Waals surface area contributed by atoms with Gasteiger partial charge in [0.05, 0.1) is 17.4 Å². The maximum absolute atomic E-state index is 12.1. The molecule has 1 atom stereocenters. The van der Waals surface area contributed by atoms with Crippen molar-refractivity contribution in [1.29, 1.82) is 0 Å². The fourth-order valence-corrected chi connectivity index (χ4v) is 2.25. The van der Waals surface area contributed by atoms with Crippen LogP contribution < -0.4 is 5.32 Å². The normalized spacial score (nSPS) is 19.2. The van der Waals surface area contributed by atoms with Crippen LogP contribution in [0.2, 0.25) is 5.02 Å². The lowest BCUT2D eigenvalue weighted by Crippen LogP contribution is -2.47. The molecule has 0 aromatic carbocycles. The largest absolute Gasteiger partial charge is 0.444 e. The number of likely N-dealkylation sites (tertiary alicyclic amines) is 1. The quantitative estimate of drug-likeness (QED) is 0.909. The van der Waals surface area contributed by atoms with Crippen molar-refractivity contribution < 1.29 is 9.53 Å². The molecule has 1 N–H and O–H groups in total. The molecule has 0 spiro atoms. The van der Waals surface area contributed by atoms with Gasteiger partial charge < -0.3 is 15.0 Å². The predicted molar refractivity (Wildman–Crippen MR) is 81.5 cm³/mol. The zero-order valence-electron chi connectivity index (χ0n) is 12.6. The summed E-state index contributed by atoms with van der Waals surface area (Å²) < 4.78 is 5.40. The van der Waals surface area contributed by atoms with Crippen LogP contribution in [0.4, 0.5) is 10.7 Å². The molecule has 0 radical (unpaired) electrons. The maximum atomic E-state index is 12.1. The van der Waals surface area contributed by atoms with E-state index in [0.29, 0.717) is 24.1 Å². The van der Waals surface area contributed by atoms with Gasteiger partial charge in [0.25, 0.3) is 0 Å². The Morgan fingerprint density at radius 3 is 2.71 bits per heavy atom. The lowest BCUT2D eigenvalue weighted by molar-refractivity contribution is 0.0206. The van der Waals surface area contributed by atoms with E-state index in [1.165, 1.54) is 0 Å². The van der Waals surface area contributed by atoms with Gasteiger partial charge in [-0.05, 0) is 33.6 Å². The number of carbonyl (C=O) groups excluding carboxylic acids is 1. The summed E-state index contributed by atoms with van der Waals surface area (Å²) in [5, 5.41) is 3.73. The van der Waals surface area contributed by atoms with Crippen molar-refractivity contribution in [2.24, 2.45) is 0 Å². The van der Waals surface area contributed by atoms with Gasteiger partial charge in [0.2, 0.25) is 5.95 Å². The number of hydrogen-bond donors (Lipinski definition) is 1. The minimum Gasteiger partial charge on any atom is -0.444 e. The topological polar surface area (TPSA) is 67.3 Å². The van der Waals surface area contributed by atoms with Gasteiger partial charge in [-0.15, -0.1) is 0 Å². The Morgan fingerprint density at radius 2 is 2.10 bits per heavy atom. The summed E-state index contributed by atoms with van der Waals surface area (Å²) >= 11 is 5.76. The third kappa shape index (κ3) is 5.04. The van der Waals surface area contributed by atoms with Crippen LogP contribution in [0.5, 0.6) is 0 Å². The SMILES string of the molecule is CC(C)(C)OC(=O)N1CCC[C@@H](Nc2ncc(Cl)cn2)C1. The second kappa shape index (κ2) is 6.47. The number of amides is 1. The highest BCUT2D eigenvalue weighted by atomic mass is 35.5. The van der Waals surface area contributed by atoms with Crippen LogP contribution in [0.15, 0.2) is 12.4 Å². The Labute approximate surface area is 129 Å². The number of piperidine rings is 1. The minimum atomic E-state index is -0.475. The van der Waals surface area contributed by atoms with E-state index < -0.39 is 5.60 Å². The van der Waals surface area contributed by atoms with Crippen molar-refractivity contribution in [1.82, 2.24) is 14.9 Å². The number of hydrogen-bond acceptors (Lipinski definition) is 5. The molecular formula is C14H21ClN4O2. The molecule has 0 saturated carbocycles. The van der Waals surface area contributed by atoms with Gasteiger partial charge in [0.15, 0.2) is 0 Å². The molecule has 1 aromatic rings. The molecule has 6 nitrogen and oxygen atoms in total. The fraction of sp³-hybridized carbons (Fsp3) is 0.643. The van der Waals surface area contributed by atoms with Crippen LogP contribution in [-0.4, -0.2) is 45.7 Å². The molecule has 1 aliphatic rings. The fourth-order valence-electron chi connectivity index (χ4n) is 2.16. The lowest BCUT2D eigenvalue weighted by Gasteiger charge is -2.34. The summed E-state index contributed by atoms with van der Waals surface area (Å²) in [5.74, 6) is 0.524. The number of ether oxygens (including phenoxy) is 1. The third-order valence-corrected chi connectivity index (χ3v) is 3.22. The zero-order valence-corrected chi connectivity index (χ0v) is 13.4. The molecule has 1 aromatic heterocycles. The van der Waals surface area contributed by atoms with Crippen LogP contribution in [-0.2, 0) is 4.74 Å². The molecule has 1 fully saturated rings. The van der Waals surface area contributed by atoms with Crippen LogP contribution >= 0.6 is 11.6 Å². The zero-order chi connectivity index (χ0) is 15.5. The van der Waals surface area contributed by atoms with E-state index in [-0.39, 0.29) is 12.1 Å². The first-order valence-corrected chi connectivity index (χ1v) is 7.43. The highest BCUT2D eigenvalue weighted by Gasteiger charge is 2.27. The van der Waals surface area contributed by atoms with Crippen LogP contribution in [0.1, 0.15) is 33.6 Å². The van der Waals surface area contributed by atoms with Gasteiger partial charge in [0, 0.05) is 19.1 Å². The monoisotopic (exact) mass is 312 g/mol. The summed E-state index contributed by atoms with van der Waals surface area (Å²) in [6.45, 7) is 6.90. The van der Waals surface area contributed by atoms with Crippen molar-refractivity contribution in [3.05, 3.63) is 17.4 Å². The average molecular weight is 313 g/mol. The van der Waals surface area contributed by atoms with E-state index in [4.69, 9.17) is 16.3 Å². The first kappa shape index (κ1) is 15.8. The lowest BCUT2D eigenvalue weighted by atomic mass is 10.1. The number of nitrogens with zero attached hydrogens (tertiary/aromatic N) is 3. The number of aromatic nitrogens is 2. The molecule has 1 aliphatic heterocycles. The molecular weight excluding hydrogens is 292 g/mol. The summed E-state index contributed by atoms with van der Waals surface area (Å²) in [6, 6.07) is 0.118. The van der Waals surface area contributed by atoms with E-state index in [1.807, 2.05) is 20.8 Å². The van der Waals surface area contributed by atoms with E-state index in [1.54, 1.807) is 17.3 Å². The number of nitrogens with one attached hydrogen (secondary N) is 1. The second-order valence-electron chi connectivity index (χ2n) is 6.13. The third-order valence-electron chi connectivity index (χ3n) is 3.03. The maximum Gasteiger partial charge on any atom is 0.410 e. The van der Waals surface area contributed by atoms with Crippen molar-refractivity contribution >= 4 is 23.6 Å². The molecule has 116 valence electrons. The van der Waals surface area contributed by atoms with Gasteiger partial charge in [-0.1, -0.05) is 11.6 Å². The van der Waals surface area contributed by atoms with E-state index in [0.717, 1.165) is 12.8 Å². The first-order chi connectivity index (χ1) is 9.83. The van der Waals surface area contributed by atoms with E-state index >= 15 is 0 Å². The first-order valence-electron chi connectivity index (χ1n) is 7.05. The molecule has 2 rings (SSSR count). The van der Waals surface area contributed by atoms with E-state index in [2.05, 4.69) is 15.3 Å². The molecule has 2 heterocycles. The van der Waals surface area contributed by atoms with Crippen LogP contribution in [0, 0.1) is 0 Å². The Bertz CT molecular complexity index is 487. The second-order valence-corrected chi connectivity index (χ2v) is 6.57. The van der Waals surface area contributed by atoms with Crippen molar-refractivity contribution in [3.8, 4) is 0 Å². The smallest absolute Gasteiger partial charge is 0.410 e. The molecule has 0 unspecified atom stereocenters. The van der Waals surface area contributed by atoms with Gasteiger partial charge >= 0.3 is 6.09 Å².